The predicted molar refractivity (Wildman–Crippen MR) is 123 cm³/mol. The molecule has 1 fully saturated rings. The van der Waals surface area contributed by atoms with Crippen LogP contribution in [0.15, 0.2) is 48.5 Å². The number of halogens is 1. The van der Waals surface area contributed by atoms with Gasteiger partial charge in [-0.1, -0.05) is 36.4 Å². The third-order valence-corrected chi connectivity index (χ3v) is 6.03. The Morgan fingerprint density at radius 1 is 1.18 bits per heavy atom. The van der Waals surface area contributed by atoms with Crippen LogP contribution in [0.1, 0.15) is 36.6 Å². The molecule has 1 N–H and O–H groups in total. The molecule has 172 valence electrons. The van der Waals surface area contributed by atoms with E-state index in [-0.39, 0.29) is 30.1 Å². The third kappa shape index (κ3) is 4.94. The van der Waals surface area contributed by atoms with Crippen LogP contribution in [-0.4, -0.2) is 50.6 Å². The van der Waals surface area contributed by atoms with Crippen molar-refractivity contribution >= 4 is 11.8 Å². The van der Waals surface area contributed by atoms with Gasteiger partial charge in [-0.15, -0.1) is 0 Å². The van der Waals surface area contributed by atoms with Crippen LogP contribution in [0.5, 0.6) is 0 Å². The summed E-state index contributed by atoms with van der Waals surface area (Å²) in [6, 6.07) is 13.2. The largest absolute Gasteiger partial charge is 0.353 e. The summed E-state index contributed by atoms with van der Waals surface area (Å²) in [6.07, 6.45) is 0.605. The third-order valence-electron chi connectivity index (χ3n) is 6.03. The van der Waals surface area contributed by atoms with Gasteiger partial charge in [0.2, 0.25) is 11.8 Å². The van der Waals surface area contributed by atoms with Crippen LogP contribution in [0.25, 0.3) is 11.1 Å². The summed E-state index contributed by atoms with van der Waals surface area (Å²) >= 11 is 0. The van der Waals surface area contributed by atoms with Gasteiger partial charge in [0.1, 0.15) is 23.5 Å². The molecule has 1 aliphatic heterocycles. The standard InChI is InChI=1S/C25H28FN5O2/c1-16(31-18(3)28-17(2)29-31)14-24(32)30-13-12-27-25(33)23(30)15-20-6-4-5-7-22(20)19-8-10-21(26)11-9-19/h4-11,16,23H,12-15H2,1-3H3,(H,27,33)/t16-,23-/m0/s1. The molecule has 8 heteroatoms. The van der Waals surface area contributed by atoms with E-state index in [2.05, 4.69) is 15.4 Å². The first-order valence-corrected chi connectivity index (χ1v) is 11.1. The summed E-state index contributed by atoms with van der Waals surface area (Å²) in [7, 11) is 0. The SMILES string of the molecule is Cc1nc(C)n([C@@H](C)CC(=O)N2CCNC(=O)[C@@H]2Cc2ccccc2-c2ccc(F)cc2)n1. The van der Waals surface area contributed by atoms with Crippen molar-refractivity contribution in [3.8, 4) is 11.1 Å². The Morgan fingerprint density at radius 2 is 1.91 bits per heavy atom. The zero-order valence-electron chi connectivity index (χ0n) is 19.1. The normalized spacial score (nSPS) is 17.0. The summed E-state index contributed by atoms with van der Waals surface area (Å²) in [5, 5.41) is 7.28. The summed E-state index contributed by atoms with van der Waals surface area (Å²) < 4.78 is 15.2. The lowest BCUT2D eigenvalue weighted by molar-refractivity contribution is -0.143. The van der Waals surface area contributed by atoms with E-state index < -0.39 is 6.04 Å². The predicted octanol–water partition coefficient (Wildman–Crippen LogP) is 3.22. The lowest BCUT2D eigenvalue weighted by Gasteiger charge is -2.36. The molecule has 2 aromatic carbocycles. The number of hydrogen-bond donors (Lipinski definition) is 1. The van der Waals surface area contributed by atoms with Crippen molar-refractivity contribution in [1.29, 1.82) is 0 Å². The summed E-state index contributed by atoms with van der Waals surface area (Å²) in [5.41, 5.74) is 2.72. The minimum Gasteiger partial charge on any atom is -0.353 e. The highest BCUT2D eigenvalue weighted by Crippen LogP contribution is 2.27. The number of aryl methyl sites for hydroxylation is 2. The molecule has 0 spiro atoms. The van der Waals surface area contributed by atoms with E-state index in [4.69, 9.17) is 0 Å². The molecule has 2 atom stereocenters. The first kappa shape index (κ1) is 22.6. The monoisotopic (exact) mass is 449 g/mol. The van der Waals surface area contributed by atoms with E-state index in [1.807, 2.05) is 45.0 Å². The van der Waals surface area contributed by atoms with E-state index in [1.165, 1.54) is 12.1 Å². The Morgan fingerprint density at radius 3 is 2.61 bits per heavy atom. The van der Waals surface area contributed by atoms with E-state index in [9.17, 15) is 14.0 Å². The quantitative estimate of drug-likeness (QED) is 0.627. The number of carbonyl (C=O) groups is 2. The van der Waals surface area contributed by atoms with Crippen molar-refractivity contribution in [1.82, 2.24) is 25.0 Å². The first-order valence-electron chi connectivity index (χ1n) is 11.1. The molecule has 0 radical (unpaired) electrons. The topological polar surface area (TPSA) is 80.1 Å². The molecular formula is C25H28FN5O2. The first-order chi connectivity index (χ1) is 15.8. The summed E-state index contributed by atoms with van der Waals surface area (Å²) in [6.45, 7) is 6.50. The maximum atomic E-state index is 13.4. The number of aromatic nitrogens is 3. The number of nitrogens with zero attached hydrogens (tertiary/aromatic N) is 4. The maximum Gasteiger partial charge on any atom is 0.243 e. The van der Waals surface area contributed by atoms with Gasteiger partial charge in [0, 0.05) is 25.9 Å². The van der Waals surface area contributed by atoms with E-state index >= 15 is 0 Å². The van der Waals surface area contributed by atoms with Crippen LogP contribution in [-0.2, 0) is 16.0 Å². The Balaban J connectivity index is 1.56. The van der Waals surface area contributed by atoms with Crippen LogP contribution >= 0.6 is 0 Å². The number of hydrogen-bond acceptors (Lipinski definition) is 4. The summed E-state index contributed by atoms with van der Waals surface area (Å²) in [4.78, 5) is 32.1. The summed E-state index contributed by atoms with van der Waals surface area (Å²) in [5.74, 6) is 0.873. The molecule has 7 nitrogen and oxygen atoms in total. The molecule has 2 heterocycles. The van der Waals surface area contributed by atoms with Crippen molar-refractivity contribution in [2.75, 3.05) is 13.1 Å². The highest BCUT2D eigenvalue weighted by atomic mass is 19.1. The Hall–Kier alpha value is -3.55. The van der Waals surface area contributed by atoms with Gasteiger partial charge >= 0.3 is 0 Å². The van der Waals surface area contributed by atoms with Crippen molar-refractivity contribution < 1.29 is 14.0 Å². The fourth-order valence-electron chi connectivity index (χ4n) is 4.44. The molecule has 1 aliphatic rings. The van der Waals surface area contributed by atoms with Gasteiger partial charge < -0.3 is 10.2 Å². The van der Waals surface area contributed by atoms with Gasteiger partial charge in [-0.25, -0.2) is 14.1 Å². The molecule has 0 saturated carbocycles. The molecule has 1 aromatic heterocycles. The zero-order valence-corrected chi connectivity index (χ0v) is 19.1. The van der Waals surface area contributed by atoms with Gasteiger partial charge in [-0.2, -0.15) is 5.10 Å². The second-order valence-electron chi connectivity index (χ2n) is 8.47. The van der Waals surface area contributed by atoms with Crippen LogP contribution < -0.4 is 5.32 Å². The molecule has 1 saturated heterocycles. The molecule has 33 heavy (non-hydrogen) atoms. The maximum absolute atomic E-state index is 13.4. The van der Waals surface area contributed by atoms with Gasteiger partial charge in [0.05, 0.1) is 6.04 Å². The fraction of sp³-hybridized carbons (Fsp3) is 0.360. The Bertz CT molecular complexity index is 1160. The molecule has 3 aromatic rings. The van der Waals surface area contributed by atoms with Gasteiger partial charge in [0.15, 0.2) is 0 Å². The minimum atomic E-state index is -0.612. The number of rotatable bonds is 6. The van der Waals surface area contributed by atoms with Crippen molar-refractivity contribution in [2.24, 2.45) is 0 Å². The van der Waals surface area contributed by atoms with Crippen LogP contribution in [0.2, 0.25) is 0 Å². The number of amides is 2. The average molecular weight is 450 g/mol. The Kier molecular flexibility index (Phi) is 6.53. The molecule has 4 rings (SSSR count). The number of carbonyl (C=O) groups excluding carboxylic acids is 2. The van der Waals surface area contributed by atoms with Gasteiger partial charge in [-0.3, -0.25) is 9.59 Å². The van der Waals surface area contributed by atoms with Crippen LogP contribution in [0.4, 0.5) is 4.39 Å². The molecular weight excluding hydrogens is 421 g/mol. The second kappa shape index (κ2) is 9.52. The Labute approximate surface area is 192 Å². The molecule has 0 unspecified atom stereocenters. The van der Waals surface area contributed by atoms with E-state index in [0.29, 0.717) is 25.3 Å². The lowest BCUT2D eigenvalue weighted by atomic mass is 9.93. The zero-order chi connectivity index (χ0) is 23.5. The number of nitrogens with one attached hydrogen (secondary N) is 1. The fourth-order valence-corrected chi connectivity index (χ4v) is 4.44. The van der Waals surface area contributed by atoms with Gasteiger partial charge in [-0.05, 0) is 49.6 Å². The lowest BCUT2D eigenvalue weighted by Crippen LogP contribution is -2.58. The van der Waals surface area contributed by atoms with E-state index in [1.54, 1.807) is 21.7 Å². The average Bonchev–Trinajstić information content (AvgIpc) is 3.14. The van der Waals surface area contributed by atoms with Crippen LogP contribution in [0, 0.1) is 19.7 Å². The van der Waals surface area contributed by atoms with Crippen molar-refractivity contribution in [3.63, 3.8) is 0 Å². The van der Waals surface area contributed by atoms with Crippen LogP contribution in [0.3, 0.4) is 0 Å². The van der Waals surface area contributed by atoms with E-state index in [0.717, 1.165) is 22.5 Å². The molecule has 0 bridgehead atoms. The number of piperazine rings is 1. The molecule has 0 aliphatic carbocycles. The highest BCUT2D eigenvalue weighted by Gasteiger charge is 2.34. The smallest absolute Gasteiger partial charge is 0.243 e. The van der Waals surface area contributed by atoms with Gasteiger partial charge in [0.25, 0.3) is 0 Å². The van der Waals surface area contributed by atoms with Crippen molar-refractivity contribution in [2.45, 2.75) is 45.7 Å². The second-order valence-corrected chi connectivity index (χ2v) is 8.47. The molecule has 2 amide bonds. The highest BCUT2D eigenvalue weighted by molar-refractivity contribution is 5.89. The minimum absolute atomic E-state index is 0.0887. The number of benzene rings is 2. The van der Waals surface area contributed by atoms with Crippen molar-refractivity contribution in [3.05, 3.63) is 71.6 Å².